The molecule has 1 saturated heterocycles. The molecule has 0 radical (unpaired) electrons. The third-order valence-electron chi connectivity index (χ3n) is 3.60. The van der Waals surface area contributed by atoms with E-state index in [9.17, 15) is 8.42 Å². The summed E-state index contributed by atoms with van der Waals surface area (Å²) in [5, 5.41) is 0. The predicted molar refractivity (Wildman–Crippen MR) is 75.5 cm³/mol. The Bertz CT molecular complexity index is 317. The number of rotatable bonds is 7. The molecule has 18 heavy (non-hydrogen) atoms. The summed E-state index contributed by atoms with van der Waals surface area (Å²) in [6.07, 6.45) is 2.25. The lowest BCUT2D eigenvalue weighted by Crippen LogP contribution is -2.53. The summed E-state index contributed by atoms with van der Waals surface area (Å²) in [7, 11) is -3.27. The van der Waals surface area contributed by atoms with Gasteiger partial charge in [-0.2, -0.15) is 0 Å². The molecule has 0 aliphatic carbocycles. The lowest BCUT2D eigenvalue weighted by atomic mass is 9.95. The molecule has 110 valence electrons. The van der Waals surface area contributed by atoms with Crippen LogP contribution in [0.15, 0.2) is 0 Å². The maximum Gasteiger partial charge on any atom is 0.212 e. The molecular formula is C11H25ClN2O3S. The van der Waals surface area contributed by atoms with Crippen molar-refractivity contribution < 1.29 is 13.2 Å². The van der Waals surface area contributed by atoms with E-state index in [0.717, 1.165) is 6.42 Å². The fourth-order valence-corrected chi connectivity index (χ4v) is 4.12. The van der Waals surface area contributed by atoms with Crippen LogP contribution in [0.4, 0.5) is 0 Å². The van der Waals surface area contributed by atoms with Gasteiger partial charge >= 0.3 is 0 Å². The van der Waals surface area contributed by atoms with Gasteiger partial charge in [-0.1, -0.05) is 13.8 Å². The number of hydrogen-bond acceptors (Lipinski definition) is 4. The lowest BCUT2D eigenvalue weighted by Gasteiger charge is -2.31. The van der Waals surface area contributed by atoms with E-state index in [1.807, 2.05) is 13.8 Å². The van der Waals surface area contributed by atoms with E-state index in [4.69, 9.17) is 10.5 Å². The van der Waals surface area contributed by atoms with Crippen molar-refractivity contribution in [2.24, 2.45) is 11.7 Å². The first-order chi connectivity index (χ1) is 7.97. The van der Waals surface area contributed by atoms with Crippen LogP contribution in [0.5, 0.6) is 0 Å². The summed E-state index contributed by atoms with van der Waals surface area (Å²) in [4.78, 5) is 0. The van der Waals surface area contributed by atoms with E-state index in [2.05, 4.69) is 4.72 Å². The summed E-state index contributed by atoms with van der Waals surface area (Å²) >= 11 is 0. The number of nitrogens with two attached hydrogens (primary N) is 1. The Kier molecular flexibility index (Phi) is 7.70. The standard InChI is InChI=1S/C11H24N2O3S.ClH/c1-3-11(4-2,9-12)13-17(14,15)8-10-5-6-16-7-10;/h10,13H,3-9,12H2,1-2H3;1H. The second-order valence-electron chi connectivity index (χ2n) is 4.80. The van der Waals surface area contributed by atoms with Crippen molar-refractivity contribution in [3.63, 3.8) is 0 Å². The number of nitrogens with one attached hydrogen (secondary N) is 1. The lowest BCUT2D eigenvalue weighted by molar-refractivity contribution is 0.188. The zero-order chi connectivity index (χ0) is 12.9. The summed E-state index contributed by atoms with van der Waals surface area (Å²) in [6, 6.07) is 0. The third kappa shape index (κ3) is 5.01. The largest absolute Gasteiger partial charge is 0.381 e. The molecule has 1 heterocycles. The molecule has 1 atom stereocenters. The molecule has 1 fully saturated rings. The number of ether oxygens (including phenoxy) is 1. The molecule has 0 bridgehead atoms. The Hall–Kier alpha value is 0.120. The van der Waals surface area contributed by atoms with Gasteiger partial charge in [0.1, 0.15) is 0 Å². The van der Waals surface area contributed by atoms with Crippen molar-refractivity contribution in [2.45, 2.75) is 38.6 Å². The summed E-state index contributed by atoms with van der Waals surface area (Å²) in [6.45, 7) is 5.47. The molecule has 0 saturated carbocycles. The Balaban J connectivity index is 0.00000289. The quantitative estimate of drug-likeness (QED) is 0.731. The molecule has 0 amide bonds. The second-order valence-corrected chi connectivity index (χ2v) is 6.57. The van der Waals surface area contributed by atoms with Gasteiger partial charge in [-0.15, -0.1) is 12.4 Å². The molecular weight excluding hydrogens is 276 g/mol. The van der Waals surface area contributed by atoms with Crippen molar-refractivity contribution in [3.05, 3.63) is 0 Å². The Morgan fingerprint density at radius 3 is 2.39 bits per heavy atom. The van der Waals surface area contributed by atoms with E-state index in [0.29, 0.717) is 32.6 Å². The van der Waals surface area contributed by atoms with Crippen LogP contribution in [0.25, 0.3) is 0 Å². The van der Waals surface area contributed by atoms with Crippen LogP contribution < -0.4 is 10.5 Å². The zero-order valence-electron chi connectivity index (χ0n) is 11.1. The Labute approximate surface area is 116 Å². The molecule has 0 spiro atoms. The minimum Gasteiger partial charge on any atom is -0.381 e. The highest BCUT2D eigenvalue weighted by Gasteiger charge is 2.32. The summed E-state index contributed by atoms with van der Waals surface area (Å²) in [5.74, 6) is 0.270. The van der Waals surface area contributed by atoms with Crippen molar-refractivity contribution in [2.75, 3.05) is 25.5 Å². The Morgan fingerprint density at radius 2 is 2.00 bits per heavy atom. The van der Waals surface area contributed by atoms with Crippen LogP contribution in [0.1, 0.15) is 33.1 Å². The summed E-state index contributed by atoms with van der Waals surface area (Å²) < 4.78 is 32.1. The topological polar surface area (TPSA) is 81.4 Å². The van der Waals surface area contributed by atoms with Gasteiger partial charge < -0.3 is 10.5 Å². The maximum absolute atomic E-state index is 12.1. The Morgan fingerprint density at radius 1 is 1.39 bits per heavy atom. The van der Waals surface area contributed by atoms with Crippen molar-refractivity contribution >= 4 is 22.4 Å². The van der Waals surface area contributed by atoms with Crippen LogP contribution in [-0.2, 0) is 14.8 Å². The van der Waals surface area contributed by atoms with Crippen LogP contribution in [-0.4, -0.2) is 39.5 Å². The molecule has 1 aliphatic heterocycles. The second kappa shape index (κ2) is 7.65. The van der Waals surface area contributed by atoms with Crippen molar-refractivity contribution in [1.29, 1.82) is 0 Å². The minimum absolute atomic E-state index is 0. The fourth-order valence-electron chi connectivity index (χ4n) is 2.12. The molecule has 1 aliphatic rings. The van der Waals surface area contributed by atoms with Crippen molar-refractivity contribution in [1.82, 2.24) is 4.72 Å². The molecule has 5 nitrogen and oxygen atoms in total. The van der Waals surface area contributed by atoms with Crippen LogP contribution >= 0.6 is 12.4 Å². The first-order valence-corrected chi connectivity index (χ1v) is 7.91. The highest BCUT2D eigenvalue weighted by molar-refractivity contribution is 7.89. The van der Waals surface area contributed by atoms with Crippen LogP contribution in [0.3, 0.4) is 0 Å². The van der Waals surface area contributed by atoms with Gasteiger partial charge in [-0.05, 0) is 25.2 Å². The SMILES string of the molecule is CCC(CC)(CN)NS(=O)(=O)CC1CCOC1.Cl. The van der Waals surface area contributed by atoms with Crippen molar-refractivity contribution in [3.8, 4) is 0 Å². The molecule has 3 N–H and O–H groups in total. The normalized spacial score (nSPS) is 20.7. The summed E-state index contributed by atoms with van der Waals surface area (Å²) in [5.41, 5.74) is 5.20. The highest BCUT2D eigenvalue weighted by Crippen LogP contribution is 2.18. The number of sulfonamides is 1. The average Bonchev–Trinajstić information content (AvgIpc) is 2.78. The van der Waals surface area contributed by atoms with Gasteiger partial charge in [-0.3, -0.25) is 0 Å². The molecule has 1 unspecified atom stereocenters. The fraction of sp³-hybridized carbons (Fsp3) is 1.00. The van der Waals surface area contributed by atoms with E-state index in [-0.39, 0.29) is 24.1 Å². The molecule has 0 aromatic heterocycles. The molecule has 1 rings (SSSR count). The van der Waals surface area contributed by atoms with E-state index in [1.165, 1.54) is 0 Å². The predicted octanol–water partition coefficient (Wildman–Crippen LogP) is 0.882. The smallest absolute Gasteiger partial charge is 0.212 e. The van der Waals surface area contributed by atoms with Crippen LogP contribution in [0.2, 0.25) is 0 Å². The molecule has 0 aromatic carbocycles. The first-order valence-electron chi connectivity index (χ1n) is 6.26. The zero-order valence-corrected chi connectivity index (χ0v) is 12.8. The molecule has 7 heteroatoms. The molecule has 0 aromatic rings. The number of halogens is 1. The first kappa shape index (κ1) is 18.1. The monoisotopic (exact) mass is 300 g/mol. The van der Waals surface area contributed by atoms with Crippen LogP contribution in [0, 0.1) is 5.92 Å². The van der Waals surface area contributed by atoms with E-state index >= 15 is 0 Å². The van der Waals surface area contributed by atoms with Gasteiger partial charge in [-0.25, -0.2) is 13.1 Å². The van der Waals surface area contributed by atoms with Gasteiger partial charge in [0.05, 0.1) is 12.4 Å². The minimum atomic E-state index is -3.27. The maximum atomic E-state index is 12.1. The van der Waals surface area contributed by atoms with Gasteiger partial charge in [0.2, 0.25) is 10.0 Å². The highest BCUT2D eigenvalue weighted by atomic mass is 35.5. The van der Waals surface area contributed by atoms with E-state index in [1.54, 1.807) is 0 Å². The number of hydrogen-bond donors (Lipinski definition) is 2. The van der Waals surface area contributed by atoms with Gasteiger partial charge in [0.15, 0.2) is 0 Å². The average molecular weight is 301 g/mol. The third-order valence-corrected chi connectivity index (χ3v) is 5.25. The van der Waals surface area contributed by atoms with E-state index < -0.39 is 15.6 Å². The van der Waals surface area contributed by atoms with Gasteiger partial charge in [0.25, 0.3) is 0 Å². The van der Waals surface area contributed by atoms with Gasteiger partial charge in [0, 0.05) is 18.7 Å².